The van der Waals surface area contributed by atoms with Crippen molar-refractivity contribution < 1.29 is 31.1 Å². The van der Waals surface area contributed by atoms with Crippen molar-refractivity contribution in [3.05, 3.63) is 23.2 Å². The molecule has 0 radical (unpaired) electrons. The number of amides is 1. The predicted octanol–water partition coefficient (Wildman–Crippen LogP) is 1.96. The van der Waals surface area contributed by atoms with Crippen LogP contribution in [0.5, 0.6) is 5.75 Å². The van der Waals surface area contributed by atoms with E-state index in [0.717, 1.165) is 18.2 Å². The summed E-state index contributed by atoms with van der Waals surface area (Å²) < 4.78 is 67.0. The molecule has 3 rings (SSSR count). The molecule has 1 amide bonds. The summed E-state index contributed by atoms with van der Waals surface area (Å²) in [6, 6.07) is 4.46. The Morgan fingerprint density at radius 2 is 2.10 bits per heavy atom. The maximum Gasteiger partial charge on any atom is 0.422 e. The quantitative estimate of drug-likeness (QED) is 0.684. The summed E-state index contributed by atoms with van der Waals surface area (Å²) in [6.45, 7) is -1.52. The largest absolute Gasteiger partial charge is 0.484 e. The van der Waals surface area contributed by atoms with Crippen LogP contribution < -0.4 is 15.4 Å². The zero-order chi connectivity index (χ0) is 21.4. The third-order valence-electron chi connectivity index (χ3n) is 4.78. The summed E-state index contributed by atoms with van der Waals surface area (Å²) in [5.74, 6) is -0.650. The van der Waals surface area contributed by atoms with Crippen LogP contribution in [-0.2, 0) is 14.6 Å². The molecule has 1 saturated heterocycles. The smallest absolute Gasteiger partial charge is 0.422 e. The van der Waals surface area contributed by atoms with Gasteiger partial charge < -0.3 is 15.4 Å². The van der Waals surface area contributed by atoms with Crippen molar-refractivity contribution in [1.82, 2.24) is 10.6 Å². The van der Waals surface area contributed by atoms with Crippen LogP contribution in [0.3, 0.4) is 0 Å². The average molecular weight is 452 g/mol. The van der Waals surface area contributed by atoms with E-state index in [1.165, 1.54) is 0 Å². The summed E-state index contributed by atoms with van der Waals surface area (Å²) >= 11 is 5.98. The van der Waals surface area contributed by atoms with E-state index >= 15 is 0 Å². The monoisotopic (exact) mass is 451 g/mol. The maximum atomic E-state index is 12.9. The molecule has 1 aromatic rings. The molecule has 1 aliphatic heterocycles. The topological polar surface area (TPSA) is 108 Å². The number of benzene rings is 1. The van der Waals surface area contributed by atoms with Crippen LogP contribution in [0.2, 0.25) is 5.02 Å². The molecule has 2 aliphatic rings. The van der Waals surface area contributed by atoms with Gasteiger partial charge in [-0.1, -0.05) is 11.6 Å². The summed E-state index contributed by atoms with van der Waals surface area (Å²) in [4.78, 5) is 12.0. The Morgan fingerprint density at radius 1 is 1.41 bits per heavy atom. The van der Waals surface area contributed by atoms with Crippen LogP contribution >= 0.6 is 11.6 Å². The van der Waals surface area contributed by atoms with Gasteiger partial charge in [0, 0.05) is 12.6 Å². The second-order valence-electron chi connectivity index (χ2n) is 7.04. The van der Waals surface area contributed by atoms with Gasteiger partial charge in [0.1, 0.15) is 11.3 Å². The fraction of sp³-hybridized carbons (Fsp3) is 0.529. The molecule has 0 aromatic heterocycles. The Labute approximate surface area is 170 Å². The number of alkyl halides is 3. The van der Waals surface area contributed by atoms with Crippen molar-refractivity contribution in [1.29, 1.82) is 5.26 Å². The SMILES string of the molecule is N#CC1(NC(=O)C2C[C@@H](S(=O)(=O)c3ccc(OCC(F)(F)F)cc3Cl)CN2)CC1. The van der Waals surface area contributed by atoms with E-state index in [4.69, 9.17) is 16.9 Å². The highest BCUT2D eigenvalue weighted by atomic mass is 35.5. The molecule has 0 spiro atoms. The second kappa shape index (κ2) is 7.66. The van der Waals surface area contributed by atoms with Gasteiger partial charge in [0.05, 0.1) is 27.3 Å². The van der Waals surface area contributed by atoms with Gasteiger partial charge in [0.2, 0.25) is 5.91 Å². The molecule has 1 aliphatic carbocycles. The van der Waals surface area contributed by atoms with Crippen molar-refractivity contribution in [3.8, 4) is 11.8 Å². The van der Waals surface area contributed by atoms with Crippen LogP contribution in [-0.4, -0.2) is 50.5 Å². The van der Waals surface area contributed by atoms with Crippen molar-refractivity contribution in [2.45, 2.75) is 47.2 Å². The normalized spacial score (nSPS) is 23.3. The minimum atomic E-state index is -4.53. The fourth-order valence-corrected chi connectivity index (χ4v) is 5.20. The molecule has 29 heavy (non-hydrogen) atoms. The molecule has 1 aromatic carbocycles. The molecular formula is C17H17ClF3N3O4S. The molecule has 2 N–H and O–H groups in total. The molecule has 1 unspecified atom stereocenters. The van der Waals surface area contributed by atoms with E-state index in [-0.39, 0.29) is 28.6 Å². The number of hydrogen-bond acceptors (Lipinski definition) is 6. The fourth-order valence-electron chi connectivity index (χ4n) is 3.00. The second-order valence-corrected chi connectivity index (χ2v) is 9.65. The zero-order valence-electron chi connectivity index (χ0n) is 14.9. The molecule has 12 heteroatoms. The van der Waals surface area contributed by atoms with Crippen molar-refractivity contribution in [2.24, 2.45) is 0 Å². The number of carbonyl (C=O) groups is 1. The van der Waals surface area contributed by atoms with E-state index < -0.39 is 45.4 Å². The molecule has 2 atom stereocenters. The number of ether oxygens (including phenoxy) is 1. The highest BCUT2D eigenvalue weighted by Gasteiger charge is 2.47. The van der Waals surface area contributed by atoms with E-state index in [0.29, 0.717) is 12.8 Å². The van der Waals surface area contributed by atoms with Crippen LogP contribution in [0.25, 0.3) is 0 Å². The van der Waals surface area contributed by atoms with Crippen LogP contribution in [0.1, 0.15) is 19.3 Å². The number of nitrogens with zero attached hydrogens (tertiary/aromatic N) is 1. The first kappa shape index (κ1) is 21.7. The molecule has 1 heterocycles. The molecule has 1 saturated carbocycles. The highest BCUT2D eigenvalue weighted by molar-refractivity contribution is 7.92. The molecule has 158 valence electrons. The highest BCUT2D eigenvalue weighted by Crippen LogP contribution is 2.35. The number of carbonyl (C=O) groups excluding carboxylic acids is 1. The van der Waals surface area contributed by atoms with Gasteiger partial charge in [-0.2, -0.15) is 18.4 Å². The minimum Gasteiger partial charge on any atom is -0.484 e. The average Bonchev–Trinajstić information content (AvgIpc) is 3.21. The summed E-state index contributed by atoms with van der Waals surface area (Å²) in [5, 5.41) is 13.3. The van der Waals surface area contributed by atoms with Gasteiger partial charge in [-0.3, -0.25) is 4.79 Å². The molecule has 7 nitrogen and oxygen atoms in total. The zero-order valence-corrected chi connectivity index (χ0v) is 16.5. The summed E-state index contributed by atoms with van der Waals surface area (Å²) in [7, 11) is -3.95. The van der Waals surface area contributed by atoms with Gasteiger partial charge in [-0.25, -0.2) is 8.42 Å². The number of sulfone groups is 1. The number of halogens is 4. The Bertz CT molecular complexity index is 958. The lowest BCUT2D eigenvalue weighted by atomic mass is 10.2. The van der Waals surface area contributed by atoms with Crippen LogP contribution in [0.15, 0.2) is 23.1 Å². The van der Waals surface area contributed by atoms with Crippen molar-refractivity contribution in [3.63, 3.8) is 0 Å². The van der Waals surface area contributed by atoms with E-state index in [2.05, 4.69) is 15.4 Å². The standard InChI is InChI=1S/C17H17ClF3N3O4S/c18-12-5-10(28-9-17(19,20)21)1-2-14(12)29(26,27)11-6-13(23-7-11)15(25)24-16(8-22)3-4-16/h1-2,5,11,13,23H,3-4,6-7,9H2,(H,24,25)/t11-,13?/m1/s1. The van der Waals surface area contributed by atoms with E-state index in [9.17, 15) is 26.4 Å². The van der Waals surface area contributed by atoms with E-state index in [1.807, 2.05) is 6.07 Å². The third-order valence-corrected chi connectivity index (χ3v) is 7.42. The van der Waals surface area contributed by atoms with Crippen molar-refractivity contribution >= 4 is 27.3 Å². The predicted molar refractivity (Wildman–Crippen MR) is 96.1 cm³/mol. The van der Waals surface area contributed by atoms with Gasteiger partial charge in [0.25, 0.3) is 0 Å². The number of rotatable bonds is 6. The first-order chi connectivity index (χ1) is 13.5. The Morgan fingerprint density at radius 3 is 2.66 bits per heavy atom. The number of nitriles is 1. The lowest BCUT2D eigenvalue weighted by molar-refractivity contribution is -0.153. The lowest BCUT2D eigenvalue weighted by Gasteiger charge is -2.15. The van der Waals surface area contributed by atoms with Crippen LogP contribution in [0, 0.1) is 11.3 Å². The Balaban J connectivity index is 1.68. The van der Waals surface area contributed by atoms with E-state index in [1.54, 1.807) is 0 Å². The Hall–Kier alpha value is -2.03. The van der Waals surface area contributed by atoms with Gasteiger partial charge in [0.15, 0.2) is 16.4 Å². The Kier molecular flexibility index (Phi) is 5.73. The van der Waals surface area contributed by atoms with Gasteiger partial charge in [-0.15, -0.1) is 0 Å². The van der Waals surface area contributed by atoms with Gasteiger partial charge >= 0.3 is 6.18 Å². The van der Waals surface area contributed by atoms with Gasteiger partial charge in [-0.05, 0) is 31.4 Å². The molecule has 0 bridgehead atoms. The van der Waals surface area contributed by atoms with Crippen LogP contribution in [0.4, 0.5) is 13.2 Å². The maximum absolute atomic E-state index is 12.9. The first-order valence-corrected chi connectivity index (χ1v) is 10.6. The summed E-state index contributed by atoms with van der Waals surface area (Å²) in [5.41, 5.74) is -0.856. The number of nitrogens with one attached hydrogen (secondary N) is 2. The summed E-state index contributed by atoms with van der Waals surface area (Å²) in [6.07, 6.45) is -3.44. The molecular weight excluding hydrogens is 435 g/mol. The lowest BCUT2D eigenvalue weighted by Crippen LogP contribution is -2.45. The third kappa shape index (κ3) is 4.94. The minimum absolute atomic E-state index is 0.00261. The molecule has 2 fully saturated rings. The van der Waals surface area contributed by atoms with Crippen molar-refractivity contribution in [2.75, 3.05) is 13.2 Å². The first-order valence-electron chi connectivity index (χ1n) is 8.65. The number of hydrogen-bond donors (Lipinski definition) is 2.